The van der Waals surface area contributed by atoms with Crippen molar-refractivity contribution in [3.63, 3.8) is 0 Å². The first-order valence-corrected chi connectivity index (χ1v) is 7.60. The summed E-state index contributed by atoms with van der Waals surface area (Å²) >= 11 is 0. The highest BCUT2D eigenvalue weighted by molar-refractivity contribution is 7.89. The van der Waals surface area contributed by atoms with Crippen molar-refractivity contribution in [1.82, 2.24) is 4.72 Å². The third-order valence-electron chi connectivity index (χ3n) is 2.54. The number of rotatable bonds is 7. The molecule has 0 amide bonds. The topological polar surface area (TPSA) is 66.4 Å². The summed E-state index contributed by atoms with van der Waals surface area (Å²) in [5.41, 5.74) is 1.27. The Morgan fingerprint density at radius 2 is 1.85 bits per heavy atom. The summed E-state index contributed by atoms with van der Waals surface area (Å²) in [6.45, 7) is -0.172. The minimum atomic E-state index is -4.34. The fourth-order valence-corrected chi connectivity index (χ4v) is 2.62. The second-order valence-electron chi connectivity index (χ2n) is 4.34. The van der Waals surface area contributed by atoms with Gasteiger partial charge >= 0.3 is 6.18 Å². The van der Waals surface area contributed by atoms with Gasteiger partial charge in [0, 0.05) is 13.0 Å². The molecule has 0 heterocycles. The summed E-state index contributed by atoms with van der Waals surface area (Å²) in [6.07, 6.45) is -5.92. The van der Waals surface area contributed by atoms with Crippen LogP contribution in [0.5, 0.6) is 0 Å². The SMILES string of the molecule is O=S(=O)(CCCC(F)(F)F)NCc1cccc(CO)c1. The standard InChI is InChI=1S/C12H16F3NO3S/c13-12(14,15)5-2-6-20(18,19)16-8-10-3-1-4-11(7-10)9-17/h1,3-4,7,16-17H,2,5-6,8-9H2. The van der Waals surface area contributed by atoms with Gasteiger partial charge in [0.2, 0.25) is 10.0 Å². The summed E-state index contributed by atoms with van der Waals surface area (Å²) < 4.78 is 61.0. The van der Waals surface area contributed by atoms with E-state index in [1.807, 2.05) is 0 Å². The van der Waals surface area contributed by atoms with Crippen LogP contribution >= 0.6 is 0 Å². The summed E-state index contributed by atoms with van der Waals surface area (Å²) in [6, 6.07) is 6.63. The van der Waals surface area contributed by atoms with E-state index < -0.39 is 34.8 Å². The van der Waals surface area contributed by atoms with Crippen LogP contribution in [0.1, 0.15) is 24.0 Å². The Bertz CT molecular complexity index is 529. The maximum absolute atomic E-state index is 11.9. The smallest absolute Gasteiger partial charge is 0.389 e. The van der Waals surface area contributed by atoms with E-state index in [4.69, 9.17) is 5.11 Å². The lowest BCUT2D eigenvalue weighted by Gasteiger charge is -2.09. The van der Waals surface area contributed by atoms with Crippen LogP contribution in [-0.2, 0) is 23.2 Å². The van der Waals surface area contributed by atoms with Crippen LogP contribution < -0.4 is 4.72 Å². The molecule has 0 aliphatic heterocycles. The number of nitrogens with one attached hydrogen (secondary N) is 1. The first-order valence-electron chi connectivity index (χ1n) is 5.94. The van der Waals surface area contributed by atoms with Crippen LogP contribution in [0, 0.1) is 0 Å². The quantitative estimate of drug-likeness (QED) is 0.809. The predicted octanol–water partition coefficient (Wildman–Crippen LogP) is 1.94. The Kier molecular flexibility index (Phi) is 5.97. The normalized spacial score (nSPS) is 12.6. The molecule has 1 aromatic rings. The van der Waals surface area contributed by atoms with Crippen LogP contribution in [0.2, 0.25) is 0 Å². The minimum absolute atomic E-state index is 0.0117. The van der Waals surface area contributed by atoms with Crippen LogP contribution in [0.15, 0.2) is 24.3 Å². The molecule has 1 aromatic carbocycles. The molecule has 0 spiro atoms. The van der Waals surface area contributed by atoms with Gasteiger partial charge in [0.1, 0.15) is 0 Å². The highest BCUT2D eigenvalue weighted by atomic mass is 32.2. The summed E-state index contributed by atoms with van der Waals surface area (Å²) in [7, 11) is -3.73. The zero-order valence-corrected chi connectivity index (χ0v) is 11.5. The fraction of sp³-hybridized carbons (Fsp3) is 0.500. The molecule has 4 nitrogen and oxygen atoms in total. The maximum Gasteiger partial charge on any atom is 0.389 e. The molecule has 1 rings (SSSR count). The Hall–Kier alpha value is -1.12. The van der Waals surface area contributed by atoms with Crippen molar-refractivity contribution in [2.24, 2.45) is 0 Å². The molecule has 0 saturated carbocycles. The van der Waals surface area contributed by atoms with Gasteiger partial charge in [-0.15, -0.1) is 0 Å². The molecule has 0 unspecified atom stereocenters. The van der Waals surface area contributed by atoms with Gasteiger partial charge < -0.3 is 5.11 Å². The number of sulfonamides is 1. The van der Waals surface area contributed by atoms with Crippen LogP contribution in [0.3, 0.4) is 0 Å². The van der Waals surface area contributed by atoms with Gasteiger partial charge in [-0.1, -0.05) is 24.3 Å². The number of benzene rings is 1. The summed E-state index contributed by atoms with van der Waals surface area (Å²) in [4.78, 5) is 0. The molecular weight excluding hydrogens is 295 g/mol. The average molecular weight is 311 g/mol. The van der Waals surface area contributed by atoms with Gasteiger partial charge in [0.25, 0.3) is 0 Å². The maximum atomic E-state index is 11.9. The molecule has 8 heteroatoms. The third-order valence-corrected chi connectivity index (χ3v) is 3.95. The minimum Gasteiger partial charge on any atom is -0.392 e. The number of aliphatic hydroxyl groups excluding tert-OH is 1. The Morgan fingerprint density at radius 3 is 2.45 bits per heavy atom. The van der Waals surface area contributed by atoms with E-state index in [2.05, 4.69) is 4.72 Å². The highest BCUT2D eigenvalue weighted by Crippen LogP contribution is 2.21. The molecular formula is C12H16F3NO3S. The van der Waals surface area contributed by atoms with Crippen LogP contribution in [0.4, 0.5) is 13.2 Å². The van der Waals surface area contributed by atoms with Gasteiger partial charge in [-0.2, -0.15) is 13.2 Å². The van der Waals surface area contributed by atoms with E-state index in [1.165, 1.54) is 0 Å². The van der Waals surface area contributed by atoms with Gasteiger partial charge in [0.05, 0.1) is 12.4 Å². The number of alkyl halides is 3. The van der Waals surface area contributed by atoms with Crippen molar-refractivity contribution in [3.8, 4) is 0 Å². The molecule has 20 heavy (non-hydrogen) atoms. The molecule has 0 fully saturated rings. The van der Waals surface area contributed by atoms with E-state index >= 15 is 0 Å². The largest absolute Gasteiger partial charge is 0.392 e. The molecule has 0 atom stereocenters. The van der Waals surface area contributed by atoms with Crippen LogP contribution in [-0.4, -0.2) is 25.5 Å². The summed E-state index contributed by atoms with van der Waals surface area (Å²) in [5, 5.41) is 8.94. The van der Waals surface area contributed by atoms with Crippen molar-refractivity contribution < 1.29 is 26.7 Å². The fourth-order valence-electron chi connectivity index (χ4n) is 1.57. The van der Waals surface area contributed by atoms with Crippen molar-refractivity contribution >= 4 is 10.0 Å². The van der Waals surface area contributed by atoms with E-state index in [0.717, 1.165) is 0 Å². The number of aliphatic hydroxyl groups is 1. The van der Waals surface area contributed by atoms with Crippen molar-refractivity contribution in [3.05, 3.63) is 35.4 Å². The van der Waals surface area contributed by atoms with Gasteiger partial charge in [-0.3, -0.25) is 0 Å². The van der Waals surface area contributed by atoms with Gasteiger partial charge in [0.15, 0.2) is 0 Å². The number of hydrogen-bond donors (Lipinski definition) is 2. The van der Waals surface area contributed by atoms with Crippen molar-refractivity contribution in [1.29, 1.82) is 0 Å². The summed E-state index contributed by atoms with van der Waals surface area (Å²) in [5.74, 6) is -0.563. The lowest BCUT2D eigenvalue weighted by molar-refractivity contribution is -0.134. The van der Waals surface area contributed by atoms with Crippen LogP contribution in [0.25, 0.3) is 0 Å². The van der Waals surface area contributed by atoms with Gasteiger partial charge in [-0.25, -0.2) is 13.1 Å². The van der Waals surface area contributed by atoms with E-state index in [1.54, 1.807) is 24.3 Å². The molecule has 0 bridgehead atoms. The van der Waals surface area contributed by atoms with Crippen molar-refractivity contribution in [2.45, 2.75) is 32.2 Å². The molecule has 114 valence electrons. The lowest BCUT2D eigenvalue weighted by Crippen LogP contribution is -2.26. The predicted molar refractivity (Wildman–Crippen MR) is 68.3 cm³/mol. The molecule has 0 aliphatic rings. The first kappa shape index (κ1) is 16.9. The molecule has 0 saturated heterocycles. The van der Waals surface area contributed by atoms with Gasteiger partial charge in [-0.05, 0) is 17.5 Å². The zero-order valence-electron chi connectivity index (χ0n) is 10.7. The van der Waals surface area contributed by atoms with E-state index in [-0.39, 0.29) is 13.2 Å². The molecule has 0 aliphatic carbocycles. The molecule has 2 N–H and O–H groups in total. The van der Waals surface area contributed by atoms with E-state index in [9.17, 15) is 21.6 Å². The number of halogens is 3. The van der Waals surface area contributed by atoms with Crippen molar-refractivity contribution in [2.75, 3.05) is 5.75 Å². The lowest BCUT2D eigenvalue weighted by atomic mass is 10.1. The molecule has 0 aromatic heterocycles. The number of hydrogen-bond acceptors (Lipinski definition) is 3. The Morgan fingerprint density at radius 1 is 1.20 bits per heavy atom. The average Bonchev–Trinajstić information content (AvgIpc) is 2.35. The molecule has 0 radical (unpaired) electrons. The van der Waals surface area contributed by atoms with E-state index in [0.29, 0.717) is 11.1 Å². The second-order valence-corrected chi connectivity index (χ2v) is 6.26. The Balaban J connectivity index is 2.46. The third kappa shape index (κ3) is 6.88. The Labute approximate surface area is 115 Å². The second kappa shape index (κ2) is 7.05. The zero-order chi connectivity index (χ0) is 15.2. The first-order chi connectivity index (χ1) is 9.22. The highest BCUT2D eigenvalue weighted by Gasteiger charge is 2.27. The monoisotopic (exact) mass is 311 g/mol.